The van der Waals surface area contributed by atoms with Crippen LogP contribution in [0.4, 0.5) is 0 Å². The lowest BCUT2D eigenvalue weighted by atomic mass is 9.86. The van der Waals surface area contributed by atoms with E-state index in [0.717, 1.165) is 31.5 Å². The Morgan fingerprint density at radius 2 is 2.14 bits per heavy atom. The Morgan fingerprint density at radius 3 is 2.71 bits per heavy atom. The van der Waals surface area contributed by atoms with Crippen LogP contribution in [-0.4, -0.2) is 26.3 Å². The molecular formula is C10H13IN2O. The molecule has 1 saturated heterocycles. The van der Waals surface area contributed by atoms with Crippen LogP contribution in [0.15, 0.2) is 24.5 Å². The van der Waals surface area contributed by atoms with Gasteiger partial charge in [-0.3, -0.25) is 4.98 Å². The molecule has 0 amide bonds. The minimum atomic E-state index is -0.657. The first kappa shape index (κ1) is 10.3. The van der Waals surface area contributed by atoms with Crippen molar-refractivity contribution in [3.8, 4) is 0 Å². The predicted octanol–water partition coefficient (Wildman–Crippen LogP) is 1.72. The highest BCUT2D eigenvalue weighted by atomic mass is 127. The van der Waals surface area contributed by atoms with Gasteiger partial charge in [0.05, 0.1) is 5.60 Å². The largest absolute Gasteiger partial charge is 0.385 e. The van der Waals surface area contributed by atoms with Crippen LogP contribution in [0.25, 0.3) is 0 Å². The van der Waals surface area contributed by atoms with E-state index in [1.54, 1.807) is 12.4 Å². The molecule has 1 aromatic rings. The van der Waals surface area contributed by atoms with Crippen molar-refractivity contribution >= 4 is 22.9 Å². The van der Waals surface area contributed by atoms with Gasteiger partial charge in [-0.1, -0.05) is 6.07 Å². The minimum absolute atomic E-state index is 0.657. The van der Waals surface area contributed by atoms with Gasteiger partial charge in [0.15, 0.2) is 0 Å². The molecule has 14 heavy (non-hydrogen) atoms. The molecule has 0 atom stereocenters. The molecule has 0 aliphatic carbocycles. The van der Waals surface area contributed by atoms with Gasteiger partial charge < -0.3 is 5.11 Å². The molecule has 1 N–H and O–H groups in total. The van der Waals surface area contributed by atoms with Crippen molar-refractivity contribution in [2.24, 2.45) is 0 Å². The van der Waals surface area contributed by atoms with Crippen LogP contribution in [0.5, 0.6) is 0 Å². The standard InChI is InChI=1S/C10H13IN2O/c11-13-6-3-10(14,4-7-13)9-2-1-5-12-8-9/h1-2,5,8,14H,3-4,6-7H2. The van der Waals surface area contributed by atoms with Gasteiger partial charge in [0.25, 0.3) is 0 Å². The number of rotatable bonds is 1. The van der Waals surface area contributed by atoms with Gasteiger partial charge in [-0.05, 0) is 18.9 Å². The third-order valence-corrected chi connectivity index (χ3v) is 3.70. The third-order valence-electron chi connectivity index (χ3n) is 2.73. The number of hydrogen-bond donors (Lipinski definition) is 1. The molecule has 0 radical (unpaired) electrons. The van der Waals surface area contributed by atoms with E-state index in [1.165, 1.54) is 0 Å². The second kappa shape index (κ2) is 4.12. The summed E-state index contributed by atoms with van der Waals surface area (Å²) in [5, 5.41) is 10.4. The zero-order valence-electron chi connectivity index (χ0n) is 7.86. The van der Waals surface area contributed by atoms with Gasteiger partial charge >= 0.3 is 0 Å². The lowest BCUT2D eigenvalue weighted by Crippen LogP contribution is -2.38. The Kier molecular flexibility index (Phi) is 3.04. The van der Waals surface area contributed by atoms with E-state index in [1.807, 2.05) is 12.1 Å². The molecule has 1 aliphatic heterocycles. The molecule has 4 heteroatoms. The van der Waals surface area contributed by atoms with E-state index in [0.29, 0.717) is 0 Å². The van der Waals surface area contributed by atoms with E-state index in [9.17, 15) is 5.11 Å². The summed E-state index contributed by atoms with van der Waals surface area (Å²) < 4.78 is 2.21. The first-order valence-electron chi connectivity index (χ1n) is 4.74. The molecule has 1 aromatic heterocycles. The van der Waals surface area contributed by atoms with Gasteiger partial charge in [0, 0.05) is 53.9 Å². The average molecular weight is 304 g/mol. The first-order chi connectivity index (χ1) is 6.71. The number of aromatic nitrogens is 1. The summed E-state index contributed by atoms with van der Waals surface area (Å²) in [6.07, 6.45) is 5.09. The van der Waals surface area contributed by atoms with E-state index in [-0.39, 0.29) is 0 Å². The molecule has 2 rings (SSSR count). The van der Waals surface area contributed by atoms with Crippen molar-refractivity contribution in [1.29, 1.82) is 0 Å². The van der Waals surface area contributed by atoms with Crippen LogP contribution in [-0.2, 0) is 5.60 Å². The topological polar surface area (TPSA) is 36.4 Å². The average Bonchev–Trinajstić information content (AvgIpc) is 2.24. The summed E-state index contributed by atoms with van der Waals surface area (Å²) >= 11 is 2.30. The van der Waals surface area contributed by atoms with Crippen LogP contribution in [0.3, 0.4) is 0 Å². The molecule has 3 nitrogen and oxygen atoms in total. The predicted molar refractivity (Wildman–Crippen MR) is 63.0 cm³/mol. The maximum atomic E-state index is 10.4. The highest BCUT2D eigenvalue weighted by molar-refractivity contribution is 14.1. The fraction of sp³-hybridized carbons (Fsp3) is 0.500. The summed E-state index contributed by atoms with van der Waals surface area (Å²) in [4.78, 5) is 4.05. The van der Waals surface area contributed by atoms with Crippen molar-refractivity contribution in [3.63, 3.8) is 0 Å². The lowest BCUT2D eigenvalue weighted by Gasteiger charge is -2.35. The van der Waals surface area contributed by atoms with E-state index >= 15 is 0 Å². The summed E-state index contributed by atoms with van der Waals surface area (Å²) in [5.41, 5.74) is 0.292. The summed E-state index contributed by atoms with van der Waals surface area (Å²) in [6.45, 7) is 1.87. The van der Waals surface area contributed by atoms with E-state index in [4.69, 9.17) is 0 Å². The number of nitrogens with zero attached hydrogens (tertiary/aromatic N) is 2. The Hall–Kier alpha value is -0.200. The zero-order chi connectivity index (χ0) is 10.0. The Balaban J connectivity index is 2.17. The summed E-state index contributed by atoms with van der Waals surface area (Å²) in [7, 11) is 0. The SMILES string of the molecule is OC1(c2cccnc2)CCN(I)CC1. The molecule has 76 valence electrons. The van der Waals surface area contributed by atoms with Gasteiger partial charge in [0.1, 0.15) is 0 Å². The molecule has 2 heterocycles. The van der Waals surface area contributed by atoms with Crippen LogP contribution >= 0.6 is 22.9 Å². The Morgan fingerprint density at radius 1 is 1.43 bits per heavy atom. The maximum absolute atomic E-state index is 10.4. The Bertz CT molecular complexity index is 296. The number of hydrogen-bond acceptors (Lipinski definition) is 3. The number of piperidine rings is 1. The van der Waals surface area contributed by atoms with Crippen molar-refractivity contribution in [3.05, 3.63) is 30.1 Å². The van der Waals surface area contributed by atoms with Gasteiger partial charge in [-0.2, -0.15) is 0 Å². The molecule has 0 saturated carbocycles. The number of aliphatic hydroxyl groups is 1. The van der Waals surface area contributed by atoms with Crippen molar-refractivity contribution < 1.29 is 5.11 Å². The smallest absolute Gasteiger partial charge is 0.0936 e. The van der Waals surface area contributed by atoms with Crippen molar-refractivity contribution in [2.45, 2.75) is 18.4 Å². The van der Waals surface area contributed by atoms with Crippen molar-refractivity contribution in [2.75, 3.05) is 13.1 Å². The second-order valence-electron chi connectivity index (χ2n) is 3.68. The quantitative estimate of drug-likeness (QED) is 0.634. The molecule has 0 unspecified atom stereocenters. The fourth-order valence-electron chi connectivity index (χ4n) is 1.78. The molecule has 0 bridgehead atoms. The summed E-state index contributed by atoms with van der Waals surface area (Å²) in [6, 6.07) is 3.83. The number of pyridine rings is 1. The van der Waals surface area contributed by atoms with Crippen LogP contribution in [0, 0.1) is 0 Å². The van der Waals surface area contributed by atoms with E-state index < -0.39 is 5.60 Å². The lowest BCUT2D eigenvalue weighted by molar-refractivity contribution is -0.00553. The minimum Gasteiger partial charge on any atom is -0.385 e. The monoisotopic (exact) mass is 304 g/mol. The Labute approximate surface area is 97.6 Å². The van der Waals surface area contributed by atoms with Crippen LogP contribution < -0.4 is 0 Å². The number of halogens is 1. The van der Waals surface area contributed by atoms with Gasteiger partial charge in [-0.15, -0.1) is 0 Å². The van der Waals surface area contributed by atoms with Gasteiger partial charge in [0.2, 0.25) is 0 Å². The highest BCUT2D eigenvalue weighted by Gasteiger charge is 2.33. The maximum Gasteiger partial charge on any atom is 0.0936 e. The third kappa shape index (κ3) is 2.07. The zero-order valence-corrected chi connectivity index (χ0v) is 10.0. The fourth-order valence-corrected chi connectivity index (χ4v) is 2.26. The second-order valence-corrected chi connectivity index (χ2v) is 5.05. The molecule has 1 aliphatic rings. The first-order valence-corrected chi connectivity index (χ1v) is 5.71. The highest BCUT2D eigenvalue weighted by Crippen LogP contribution is 2.32. The van der Waals surface area contributed by atoms with Crippen molar-refractivity contribution in [1.82, 2.24) is 8.10 Å². The molecule has 0 spiro atoms. The summed E-state index contributed by atoms with van der Waals surface area (Å²) in [5.74, 6) is 0. The molecular weight excluding hydrogens is 291 g/mol. The molecule has 0 aromatic carbocycles. The van der Waals surface area contributed by atoms with Crippen LogP contribution in [0.2, 0.25) is 0 Å². The normalized spacial score (nSPS) is 22.1. The van der Waals surface area contributed by atoms with Crippen LogP contribution in [0.1, 0.15) is 18.4 Å². The van der Waals surface area contributed by atoms with E-state index in [2.05, 4.69) is 31.0 Å². The molecule has 1 fully saturated rings. The van der Waals surface area contributed by atoms with Gasteiger partial charge in [-0.25, -0.2) is 3.11 Å².